The molecule has 1 radical (unpaired) electrons. The summed E-state index contributed by atoms with van der Waals surface area (Å²) in [5, 5.41) is 2.93. The van der Waals surface area contributed by atoms with Crippen molar-refractivity contribution in [2.24, 2.45) is 0 Å². The average Bonchev–Trinajstić information content (AvgIpc) is 2.18. The lowest BCUT2D eigenvalue weighted by Crippen LogP contribution is -2.29. The highest BCUT2D eigenvalue weighted by Gasteiger charge is 2.16. The second-order valence-corrected chi connectivity index (χ2v) is 2.96. The average molecular weight is 178 g/mol. The van der Waals surface area contributed by atoms with Crippen LogP contribution in [0.1, 0.15) is 0 Å². The first kappa shape index (κ1) is 8.16. The van der Waals surface area contributed by atoms with Gasteiger partial charge in [-0.05, 0) is 6.07 Å². The Hall–Kier alpha value is -1.45. The van der Waals surface area contributed by atoms with Crippen LogP contribution in [0.3, 0.4) is 0 Å². The molecule has 4 nitrogen and oxygen atoms in total. The van der Waals surface area contributed by atoms with E-state index in [-0.39, 0.29) is 0 Å². The lowest BCUT2D eigenvalue weighted by atomic mass is 10.3. The van der Waals surface area contributed by atoms with Crippen molar-refractivity contribution in [2.45, 2.75) is 0 Å². The van der Waals surface area contributed by atoms with Crippen LogP contribution in [0.15, 0.2) is 6.07 Å². The first-order valence-corrected chi connectivity index (χ1v) is 4.25. The molecule has 69 valence electrons. The molecule has 0 aromatic carbocycles. The number of hydrogen-bond donors (Lipinski definition) is 1. The quantitative estimate of drug-likeness (QED) is 0.688. The highest BCUT2D eigenvalue weighted by Crippen LogP contribution is 2.29. The molecule has 1 aliphatic rings. The van der Waals surface area contributed by atoms with Gasteiger partial charge in [0.2, 0.25) is 5.88 Å². The van der Waals surface area contributed by atoms with Gasteiger partial charge in [0.25, 0.3) is 0 Å². The number of aromatic nitrogens is 1. The molecule has 0 bridgehead atoms. The maximum atomic E-state index is 5.42. The zero-order chi connectivity index (χ0) is 9.26. The number of ether oxygens (including phenoxy) is 1. The summed E-state index contributed by atoms with van der Waals surface area (Å²) in [6.45, 7) is 1.60. The van der Waals surface area contributed by atoms with Crippen LogP contribution < -0.4 is 15.0 Å². The number of likely N-dealkylation sites (N-methyl/N-ethyl adjacent to an activating group) is 1. The topological polar surface area (TPSA) is 37.4 Å². The summed E-state index contributed by atoms with van der Waals surface area (Å²) in [5.74, 6) is 1.41. The minimum atomic E-state index is 0.692. The summed E-state index contributed by atoms with van der Waals surface area (Å²) in [7, 11) is 3.84. The summed E-state index contributed by atoms with van der Waals surface area (Å²) in [4.78, 5) is 6.36. The Kier molecular flexibility index (Phi) is 1.96. The fourth-order valence-corrected chi connectivity index (χ4v) is 1.30. The third-order valence-corrected chi connectivity index (χ3v) is 2.09. The molecule has 0 saturated carbocycles. The molecule has 2 rings (SSSR count). The van der Waals surface area contributed by atoms with Gasteiger partial charge >= 0.3 is 0 Å². The highest BCUT2D eigenvalue weighted by atomic mass is 16.5. The Morgan fingerprint density at radius 1 is 1.69 bits per heavy atom. The van der Waals surface area contributed by atoms with Gasteiger partial charge in [-0.3, -0.25) is 0 Å². The van der Waals surface area contributed by atoms with E-state index in [1.165, 1.54) is 0 Å². The van der Waals surface area contributed by atoms with Crippen LogP contribution in [-0.4, -0.2) is 32.2 Å². The van der Waals surface area contributed by atoms with Crippen molar-refractivity contribution in [1.29, 1.82) is 0 Å². The Bertz CT molecular complexity index is 314. The molecule has 1 aromatic rings. The molecule has 1 N–H and O–H groups in total. The van der Waals surface area contributed by atoms with Crippen molar-refractivity contribution in [3.63, 3.8) is 0 Å². The molecule has 0 aliphatic carbocycles. The maximum Gasteiger partial charge on any atom is 0.239 e. The van der Waals surface area contributed by atoms with Crippen molar-refractivity contribution in [3.05, 3.63) is 12.1 Å². The molecule has 1 aliphatic heterocycles. The molecule has 0 atom stereocenters. The SMILES string of the molecule is CNc1[c]cc2c(n1)OCCN2C. The summed E-state index contributed by atoms with van der Waals surface area (Å²) in [6.07, 6.45) is 0. The monoisotopic (exact) mass is 178 g/mol. The molecular weight excluding hydrogens is 166 g/mol. The van der Waals surface area contributed by atoms with Crippen LogP contribution in [0, 0.1) is 6.07 Å². The van der Waals surface area contributed by atoms with Crippen LogP contribution in [-0.2, 0) is 0 Å². The second kappa shape index (κ2) is 3.12. The molecule has 0 unspecified atom stereocenters. The van der Waals surface area contributed by atoms with Gasteiger partial charge in [-0.15, -0.1) is 0 Å². The van der Waals surface area contributed by atoms with Crippen LogP contribution in [0.2, 0.25) is 0 Å². The minimum Gasteiger partial charge on any atom is -0.474 e. The number of anilines is 2. The van der Waals surface area contributed by atoms with E-state index in [1.54, 1.807) is 0 Å². The molecule has 0 amide bonds. The first-order chi connectivity index (χ1) is 6.31. The molecular formula is C9H12N3O. The van der Waals surface area contributed by atoms with Gasteiger partial charge in [-0.2, -0.15) is 4.98 Å². The standard InChI is InChI=1S/C9H12N3O/c1-10-8-4-3-7-9(11-8)13-6-5-12(7)2/h3H,5-6H2,1-2H3,(H,10,11). The number of fused-ring (bicyclic) bond motifs is 1. The van der Waals surface area contributed by atoms with Crippen molar-refractivity contribution in [2.75, 3.05) is 37.5 Å². The molecule has 0 saturated heterocycles. The van der Waals surface area contributed by atoms with E-state index in [1.807, 2.05) is 20.2 Å². The van der Waals surface area contributed by atoms with Crippen LogP contribution in [0.4, 0.5) is 11.5 Å². The van der Waals surface area contributed by atoms with Gasteiger partial charge in [0.15, 0.2) is 0 Å². The molecule has 0 spiro atoms. The zero-order valence-electron chi connectivity index (χ0n) is 7.79. The van der Waals surface area contributed by atoms with Gasteiger partial charge in [-0.25, -0.2) is 0 Å². The van der Waals surface area contributed by atoms with E-state index in [0.717, 1.165) is 12.2 Å². The summed E-state index contributed by atoms with van der Waals surface area (Å²) in [6, 6.07) is 4.93. The lowest BCUT2D eigenvalue weighted by Gasteiger charge is -2.26. The van der Waals surface area contributed by atoms with E-state index in [4.69, 9.17) is 4.74 Å². The molecule has 2 heterocycles. The van der Waals surface area contributed by atoms with Crippen LogP contribution in [0.5, 0.6) is 5.88 Å². The number of nitrogens with zero attached hydrogens (tertiary/aromatic N) is 2. The largest absolute Gasteiger partial charge is 0.474 e. The zero-order valence-corrected chi connectivity index (χ0v) is 7.79. The normalized spacial score (nSPS) is 14.8. The van der Waals surface area contributed by atoms with E-state index in [0.29, 0.717) is 18.3 Å². The Morgan fingerprint density at radius 3 is 3.31 bits per heavy atom. The van der Waals surface area contributed by atoms with Gasteiger partial charge in [-0.1, -0.05) is 0 Å². The van der Waals surface area contributed by atoms with Crippen molar-refractivity contribution in [3.8, 4) is 5.88 Å². The molecule has 0 fully saturated rings. The Balaban J connectivity index is 2.39. The first-order valence-electron chi connectivity index (χ1n) is 4.25. The number of nitrogens with one attached hydrogen (secondary N) is 1. The smallest absolute Gasteiger partial charge is 0.239 e. The Morgan fingerprint density at radius 2 is 2.54 bits per heavy atom. The molecule has 4 heteroatoms. The van der Waals surface area contributed by atoms with Crippen molar-refractivity contribution in [1.82, 2.24) is 4.98 Å². The summed E-state index contributed by atoms with van der Waals surface area (Å²) < 4.78 is 5.42. The fraction of sp³-hybridized carbons (Fsp3) is 0.444. The highest BCUT2D eigenvalue weighted by molar-refractivity contribution is 5.58. The van der Waals surface area contributed by atoms with Crippen molar-refractivity contribution >= 4 is 11.5 Å². The molecule has 13 heavy (non-hydrogen) atoms. The fourth-order valence-electron chi connectivity index (χ4n) is 1.30. The maximum absolute atomic E-state index is 5.42. The number of rotatable bonds is 1. The number of hydrogen-bond acceptors (Lipinski definition) is 4. The van der Waals surface area contributed by atoms with Gasteiger partial charge in [0.1, 0.15) is 18.1 Å². The predicted molar refractivity (Wildman–Crippen MR) is 51.4 cm³/mol. The molecule has 1 aromatic heterocycles. The Labute approximate surface area is 77.5 Å². The predicted octanol–water partition coefficient (Wildman–Crippen LogP) is 0.752. The number of pyridine rings is 1. The van der Waals surface area contributed by atoms with E-state index >= 15 is 0 Å². The van der Waals surface area contributed by atoms with Crippen LogP contribution >= 0.6 is 0 Å². The van der Waals surface area contributed by atoms with Gasteiger partial charge < -0.3 is 15.0 Å². The van der Waals surface area contributed by atoms with E-state index in [2.05, 4.69) is 21.3 Å². The third-order valence-electron chi connectivity index (χ3n) is 2.09. The third kappa shape index (κ3) is 1.39. The summed E-state index contributed by atoms with van der Waals surface area (Å²) in [5.41, 5.74) is 1.00. The van der Waals surface area contributed by atoms with E-state index < -0.39 is 0 Å². The van der Waals surface area contributed by atoms with Gasteiger partial charge in [0, 0.05) is 20.2 Å². The lowest BCUT2D eigenvalue weighted by molar-refractivity contribution is 0.299. The minimum absolute atomic E-state index is 0.692. The summed E-state index contributed by atoms with van der Waals surface area (Å²) >= 11 is 0. The van der Waals surface area contributed by atoms with E-state index in [9.17, 15) is 0 Å². The van der Waals surface area contributed by atoms with Gasteiger partial charge in [0.05, 0.1) is 6.54 Å². The second-order valence-electron chi connectivity index (χ2n) is 2.96. The van der Waals surface area contributed by atoms with Crippen molar-refractivity contribution < 1.29 is 4.74 Å². The van der Waals surface area contributed by atoms with Crippen LogP contribution in [0.25, 0.3) is 0 Å².